The smallest absolute Gasteiger partial charge is 0.251 e. The molecule has 0 bridgehead atoms. The molecule has 33 heavy (non-hydrogen) atoms. The van der Waals surface area contributed by atoms with E-state index in [-0.39, 0.29) is 38.3 Å². The number of halogens is 2. The van der Waals surface area contributed by atoms with Gasteiger partial charge >= 0.3 is 0 Å². The number of hydrogen-bond donors (Lipinski definition) is 4. The molecular formula is C23H25F2N3O4S. The number of benzene rings is 1. The maximum atomic E-state index is 14.8. The fourth-order valence-electron chi connectivity index (χ4n) is 3.20. The third-order valence-corrected chi connectivity index (χ3v) is 6.01. The van der Waals surface area contributed by atoms with Gasteiger partial charge in [0.25, 0.3) is 5.91 Å². The molecule has 0 unspecified atom stereocenters. The summed E-state index contributed by atoms with van der Waals surface area (Å²) in [6.07, 6.45) is 0. The van der Waals surface area contributed by atoms with Gasteiger partial charge in [-0.3, -0.25) is 4.79 Å². The molecule has 1 amide bonds. The van der Waals surface area contributed by atoms with Crippen molar-refractivity contribution in [2.75, 3.05) is 12.4 Å². The van der Waals surface area contributed by atoms with Crippen LogP contribution in [0.25, 0.3) is 10.4 Å². The van der Waals surface area contributed by atoms with E-state index in [1.807, 2.05) is 0 Å². The summed E-state index contributed by atoms with van der Waals surface area (Å²) in [7, 11) is 1.41. The lowest BCUT2D eigenvalue weighted by Crippen LogP contribution is -2.17. The first-order valence-corrected chi connectivity index (χ1v) is 10.7. The molecule has 3 aromatic rings. The van der Waals surface area contributed by atoms with Crippen LogP contribution in [-0.4, -0.2) is 28.2 Å². The number of aliphatic hydroxyl groups is 2. The van der Waals surface area contributed by atoms with E-state index in [1.54, 1.807) is 26.0 Å². The van der Waals surface area contributed by atoms with Crippen molar-refractivity contribution in [3.05, 3.63) is 58.7 Å². The van der Waals surface area contributed by atoms with Gasteiger partial charge in [-0.1, -0.05) is 0 Å². The molecule has 1 aromatic carbocycles. The number of thiophene rings is 1. The minimum Gasteiger partial charge on any atom is -0.481 e. The largest absolute Gasteiger partial charge is 0.481 e. The van der Waals surface area contributed by atoms with Crippen LogP contribution in [0.1, 0.15) is 49.2 Å². The Kier molecular flexibility index (Phi) is 6.47. The van der Waals surface area contributed by atoms with Crippen LogP contribution in [0.2, 0.25) is 0 Å². The van der Waals surface area contributed by atoms with Gasteiger partial charge in [0.2, 0.25) is 5.88 Å². The highest BCUT2D eigenvalue weighted by molar-refractivity contribution is 7.20. The van der Waals surface area contributed by atoms with Crippen molar-refractivity contribution in [3.8, 4) is 16.3 Å². The van der Waals surface area contributed by atoms with Crippen LogP contribution in [0.15, 0.2) is 30.3 Å². The molecule has 0 fully saturated rings. The second-order valence-electron chi connectivity index (χ2n) is 8.53. The topological polar surface area (TPSA) is 118 Å². The summed E-state index contributed by atoms with van der Waals surface area (Å²) in [5.41, 5.74) is 3.07. The van der Waals surface area contributed by atoms with E-state index < -0.39 is 28.7 Å². The standard InChI is InChI=1S/C23H25F2N3O4S/c1-22(2,30)11-8-14(24)18(15(25)9-11)16-10-12(19(26)29)21(33-16)28-17-7-6-13(23(3,4)31)20(27-17)32-5/h6-10,30-31H,1-5H3,(H2,26,29)(H,27,28). The van der Waals surface area contributed by atoms with E-state index in [9.17, 15) is 23.8 Å². The molecular weight excluding hydrogens is 452 g/mol. The van der Waals surface area contributed by atoms with Crippen LogP contribution in [0.3, 0.4) is 0 Å². The number of ether oxygens (including phenoxy) is 1. The van der Waals surface area contributed by atoms with Crippen LogP contribution >= 0.6 is 11.3 Å². The monoisotopic (exact) mass is 477 g/mol. The number of nitrogens with two attached hydrogens (primary N) is 1. The zero-order chi connectivity index (χ0) is 24.7. The first-order chi connectivity index (χ1) is 15.2. The summed E-state index contributed by atoms with van der Waals surface area (Å²) >= 11 is 0.916. The van der Waals surface area contributed by atoms with Gasteiger partial charge in [0.05, 0.1) is 29.4 Å². The van der Waals surface area contributed by atoms with Crippen LogP contribution in [-0.2, 0) is 11.2 Å². The first-order valence-electron chi connectivity index (χ1n) is 9.93. The minimum absolute atomic E-state index is 0.0210. The number of aromatic nitrogens is 1. The predicted molar refractivity (Wildman–Crippen MR) is 123 cm³/mol. The van der Waals surface area contributed by atoms with Crippen LogP contribution in [0.4, 0.5) is 19.6 Å². The molecule has 0 atom stereocenters. The minimum atomic E-state index is -1.43. The van der Waals surface area contributed by atoms with Crippen LogP contribution < -0.4 is 15.8 Å². The fourth-order valence-corrected chi connectivity index (χ4v) is 4.32. The number of pyridine rings is 1. The number of rotatable bonds is 7. The van der Waals surface area contributed by atoms with Gasteiger partial charge in [-0.25, -0.2) is 8.78 Å². The lowest BCUT2D eigenvalue weighted by atomic mass is 9.96. The summed E-state index contributed by atoms with van der Waals surface area (Å²) in [5.74, 6) is -2.12. The van der Waals surface area contributed by atoms with Crippen molar-refractivity contribution in [2.45, 2.75) is 38.9 Å². The second-order valence-corrected chi connectivity index (χ2v) is 9.58. The van der Waals surface area contributed by atoms with Crippen molar-refractivity contribution in [1.82, 2.24) is 4.98 Å². The Labute approximate surface area is 193 Å². The lowest BCUT2D eigenvalue weighted by molar-refractivity contribution is 0.0748. The van der Waals surface area contributed by atoms with Crippen LogP contribution in [0, 0.1) is 11.6 Å². The number of methoxy groups -OCH3 is 1. The van der Waals surface area contributed by atoms with Gasteiger partial charge in [-0.05, 0) is 63.6 Å². The molecule has 10 heteroatoms. The number of nitrogens with zero attached hydrogens (tertiary/aromatic N) is 1. The highest BCUT2D eigenvalue weighted by atomic mass is 32.1. The maximum absolute atomic E-state index is 14.8. The van der Waals surface area contributed by atoms with Gasteiger partial charge in [0.1, 0.15) is 22.5 Å². The van der Waals surface area contributed by atoms with E-state index in [2.05, 4.69) is 10.3 Å². The van der Waals surface area contributed by atoms with Gasteiger partial charge in [0.15, 0.2) is 0 Å². The van der Waals surface area contributed by atoms with Crippen LogP contribution in [0.5, 0.6) is 5.88 Å². The number of anilines is 2. The van der Waals surface area contributed by atoms with Crippen molar-refractivity contribution < 1.29 is 28.5 Å². The summed E-state index contributed by atoms with van der Waals surface area (Å²) < 4.78 is 34.9. The van der Waals surface area contributed by atoms with E-state index in [0.29, 0.717) is 5.56 Å². The Balaban J connectivity index is 2.06. The van der Waals surface area contributed by atoms with Crippen molar-refractivity contribution >= 4 is 28.1 Å². The molecule has 0 aliphatic rings. The third kappa shape index (κ3) is 5.13. The fraction of sp³-hybridized carbons (Fsp3) is 0.304. The number of amides is 1. The zero-order valence-electron chi connectivity index (χ0n) is 18.8. The number of carbonyl (C=O) groups excluding carboxylic acids is 1. The molecule has 0 aliphatic carbocycles. The summed E-state index contributed by atoms with van der Waals surface area (Å²) in [4.78, 5) is 16.4. The molecule has 0 radical (unpaired) electrons. The molecule has 0 aliphatic heterocycles. The molecule has 0 spiro atoms. The Bertz CT molecular complexity index is 1190. The molecule has 5 N–H and O–H groups in total. The number of primary amides is 1. The number of carbonyl (C=O) groups is 1. The van der Waals surface area contributed by atoms with Crippen molar-refractivity contribution in [3.63, 3.8) is 0 Å². The Hall–Kier alpha value is -3.08. The molecule has 0 saturated carbocycles. The molecule has 2 heterocycles. The Morgan fingerprint density at radius 1 is 1.09 bits per heavy atom. The van der Waals surface area contributed by atoms with E-state index in [1.165, 1.54) is 27.0 Å². The predicted octanol–water partition coefficient (Wildman–Crippen LogP) is 4.39. The van der Waals surface area contributed by atoms with Crippen molar-refractivity contribution in [2.24, 2.45) is 5.73 Å². The summed E-state index contributed by atoms with van der Waals surface area (Å²) in [5, 5.41) is 23.5. The van der Waals surface area contributed by atoms with E-state index in [4.69, 9.17) is 10.5 Å². The van der Waals surface area contributed by atoms with Crippen molar-refractivity contribution in [1.29, 1.82) is 0 Å². The normalized spacial score (nSPS) is 12.0. The highest BCUT2D eigenvalue weighted by Gasteiger charge is 2.25. The molecule has 3 rings (SSSR count). The van der Waals surface area contributed by atoms with E-state index in [0.717, 1.165) is 23.5 Å². The number of nitrogens with one attached hydrogen (secondary N) is 1. The van der Waals surface area contributed by atoms with Gasteiger partial charge in [0, 0.05) is 10.4 Å². The quantitative estimate of drug-likeness (QED) is 0.401. The van der Waals surface area contributed by atoms with E-state index >= 15 is 0 Å². The Morgan fingerprint density at radius 3 is 2.18 bits per heavy atom. The summed E-state index contributed by atoms with van der Waals surface area (Å²) in [6, 6.07) is 6.58. The van der Waals surface area contributed by atoms with Gasteiger partial charge in [-0.2, -0.15) is 4.98 Å². The molecule has 7 nitrogen and oxygen atoms in total. The summed E-state index contributed by atoms with van der Waals surface area (Å²) in [6.45, 7) is 6.01. The molecule has 0 saturated heterocycles. The molecule has 2 aromatic heterocycles. The average molecular weight is 478 g/mol. The van der Waals surface area contributed by atoms with Gasteiger partial charge in [-0.15, -0.1) is 11.3 Å². The first kappa shape index (κ1) is 24.6. The average Bonchev–Trinajstić information content (AvgIpc) is 3.09. The Morgan fingerprint density at radius 2 is 1.70 bits per heavy atom. The third-order valence-electron chi connectivity index (χ3n) is 4.95. The maximum Gasteiger partial charge on any atom is 0.251 e. The number of hydrogen-bond acceptors (Lipinski definition) is 7. The SMILES string of the molecule is COc1nc(Nc2sc(-c3c(F)cc(C(C)(C)O)cc3F)cc2C(N)=O)ccc1C(C)(C)O. The lowest BCUT2D eigenvalue weighted by Gasteiger charge is -2.20. The highest BCUT2D eigenvalue weighted by Crippen LogP contribution is 2.40. The molecule has 176 valence electrons. The van der Waals surface area contributed by atoms with Gasteiger partial charge < -0.3 is 26.0 Å². The second kappa shape index (κ2) is 8.69. The zero-order valence-corrected chi connectivity index (χ0v) is 19.6.